The normalized spacial score (nSPS) is 15.6. The fraction of sp³-hybridized carbons (Fsp3) is 0.412. The Morgan fingerprint density at radius 1 is 1.18 bits per heavy atom. The number of fused-ring (bicyclic) bond motifs is 1. The van der Waals surface area contributed by atoms with Gasteiger partial charge in [0.05, 0.1) is 16.6 Å². The van der Waals surface area contributed by atoms with Crippen molar-refractivity contribution in [1.82, 2.24) is 4.57 Å². The SMILES string of the molecule is Cn1cc(C#N)c(=O)c2cc(F)c(N3CCCCCC3)cc21. The molecule has 1 aliphatic heterocycles. The molecule has 3 rings (SSSR count). The van der Waals surface area contributed by atoms with E-state index in [1.807, 2.05) is 6.07 Å². The van der Waals surface area contributed by atoms with Gasteiger partial charge in [0.1, 0.15) is 17.4 Å². The summed E-state index contributed by atoms with van der Waals surface area (Å²) in [4.78, 5) is 14.3. The zero-order valence-electron chi connectivity index (χ0n) is 12.6. The lowest BCUT2D eigenvalue weighted by Crippen LogP contribution is -2.25. The monoisotopic (exact) mass is 299 g/mol. The lowest BCUT2D eigenvalue weighted by molar-refractivity contribution is 0.618. The van der Waals surface area contributed by atoms with Crippen LogP contribution in [0.25, 0.3) is 10.9 Å². The summed E-state index contributed by atoms with van der Waals surface area (Å²) in [5.41, 5.74) is 0.840. The van der Waals surface area contributed by atoms with Crippen LogP contribution in [-0.2, 0) is 7.05 Å². The molecule has 0 radical (unpaired) electrons. The molecular formula is C17H18FN3O. The average Bonchev–Trinajstić information content (AvgIpc) is 2.79. The van der Waals surface area contributed by atoms with E-state index >= 15 is 0 Å². The van der Waals surface area contributed by atoms with Crippen molar-refractivity contribution in [1.29, 1.82) is 5.26 Å². The van der Waals surface area contributed by atoms with Crippen LogP contribution in [0, 0.1) is 17.1 Å². The van der Waals surface area contributed by atoms with Gasteiger partial charge >= 0.3 is 0 Å². The zero-order valence-corrected chi connectivity index (χ0v) is 12.6. The van der Waals surface area contributed by atoms with Gasteiger partial charge in [-0.1, -0.05) is 12.8 Å². The van der Waals surface area contributed by atoms with E-state index in [1.54, 1.807) is 17.7 Å². The Labute approximate surface area is 128 Å². The molecule has 1 aromatic heterocycles. The fourth-order valence-corrected chi connectivity index (χ4v) is 3.12. The molecule has 22 heavy (non-hydrogen) atoms. The van der Waals surface area contributed by atoms with Gasteiger partial charge in [-0.05, 0) is 25.0 Å². The van der Waals surface area contributed by atoms with Gasteiger partial charge in [0.25, 0.3) is 0 Å². The molecule has 0 amide bonds. The van der Waals surface area contributed by atoms with Gasteiger partial charge in [-0.25, -0.2) is 4.39 Å². The number of aromatic nitrogens is 1. The van der Waals surface area contributed by atoms with E-state index in [0.717, 1.165) is 25.9 Å². The third-order valence-electron chi connectivity index (χ3n) is 4.32. The Kier molecular flexibility index (Phi) is 3.84. The van der Waals surface area contributed by atoms with Crippen molar-refractivity contribution in [3.8, 4) is 6.07 Å². The molecule has 114 valence electrons. The molecule has 2 heterocycles. The number of aryl methyl sites for hydroxylation is 1. The first kappa shape index (κ1) is 14.6. The fourth-order valence-electron chi connectivity index (χ4n) is 3.12. The van der Waals surface area contributed by atoms with Crippen LogP contribution in [0.2, 0.25) is 0 Å². The molecule has 0 spiro atoms. The van der Waals surface area contributed by atoms with E-state index in [9.17, 15) is 9.18 Å². The zero-order chi connectivity index (χ0) is 15.7. The summed E-state index contributed by atoms with van der Waals surface area (Å²) in [6, 6.07) is 4.88. The Morgan fingerprint density at radius 3 is 2.50 bits per heavy atom. The second-order valence-corrected chi connectivity index (χ2v) is 5.82. The van der Waals surface area contributed by atoms with E-state index in [-0.39, 0.29) is 16.8 Å². The summed E-state index contributed by atoms with van der Waals surface area (Å²) < 4.78 is 16.2. The standard InChI is InChI=1S/C17H18FN3O/c1-20-11-12(10-19)17(22)13-8-14(18)16(9-15(13)20)21-6-4-2-3-5-7-21/h8-9,11H,2-7H2,1H3. The third kappa shape index (κ3) is 2.45. The number of nitrogens with zero attached hydrogens (tertiary/aromatic N) is 3. The van der Waals surface area contributed by atoms with Gasteiger partial charge in [-0.2, -0.15) is 5.26 Å². The summed E-state index contributed by atoms with van der Waals surface area (Å²) in [6.45, 7) is 1.68. The average molecular weight is 299 g/mol. The van der Waals surface area contributed by atoms with E-state index in [1.165, 1.54) is 25.1 Å². The number of anilines is 1. The molecule has 5 heteroatoms. The lowest BCUT2D eigenvalue weighted by atomic mass is 10.1. The first-order valence-corrected chi connectivity index (χ1v) is 7.60. The lowest BCUT2D eigenvalue weighted by Gasteiger charge is -2.24. The predicted octanol–water partition coefficient (Wildman–Crippen LogP) is 2.93. The van der Waals surface area contributed by atoms with Crippen molar-refractivity contribution in [2.24, 2.45) is 7.05 Å². The minimum absolute atomic E-state index is 0.0388. The summed E-state index contributed by atoms with van der Waals surface area (Å²) >= 11 is 0. The first-order valence-electron chi connectivity index (χ1n) is 7.60. The van der Waals surface area contributed by atoms with Gasteiger partial charge in [0, 0.05) is 26.3 Å². The number of halogens is 1. The van der Waals surface area contributed by atoms with Crippen molar-refractivity contribution < 1.29 is 4.39 Å². The molecule has 0 aliphatic carbocycles. The highest BCUT2D eigenvalue weighted by Crippen LogP contribution is 2.27. The van der Waals surface area contributed by atoms with Crippen LogP contribution in [0.4, 0.5) is 10.1 Å². The Bertz CT molecular complexity index is 811. The first-order chi connectivity index (χ1) is 10.6. The molecule has 0 bridgehead atoms. The molecule has 4 nitrogen and oxygen atoms in total. The smallest absolute Gasteiger partial charge is 0.207 e. The van der Waals surface area contributed by atoms with Crippen LogP contribution in [-0.4, -0.2) is 17.7 Å². The van der Waals surface area contributed by atoms with E-state index in [2.05, 4.69) is 4.90 Å². The van der Waals surface area contributed by atoms with Crippen LogP contribution in [0.15, 0.2) is 23.1 Å². The number of rotatable bonds is 1. The number of hydrogen-bond acceptors (Lipinski definition) is 3. The van der Waals surface area contributed by atoms with Crippen LogP contribution < -0.4 is 10.3 Å². The van der Waals surface area contributed by atoms with Crippen molar-refractivity contribution in [2.45, 2.75) is 25.7 Å². The molecule has 0 atom stereocenters. The minimum Gasteiger partial charge on any atom is -0.369 e. The van der Waals surface area contributed by atoms with Crippen LogP contribution in [0.3, 0.4) is 0 Å². The van der Waals surface area contributed by atoms with Gasteiger partial charge in [-0.15, -0.1) is 0 Å². The van der Waals surface area contributed by atoms with Crippen LogP contribution in [0.1, 0.15) is 31.2 Å². The highest BCUT2D eigenvalue weighted by Gasteiger charge is 2.17. The topological polar surface area (TPSA) is 49.0 Å². The Morgan fingerprint density at radius 2 is 1.86 bits per heavy atom. The minimum atomic E-state index is -0.406. The van der Waals surface area contributed by atoms with Crippen molar-refractivity contribution in [2.75, 3.05) is 18.0 Å². The summed E-state index contributed by atoms with van der Waals surface area (Å²) in [6.07, 6.45) is 5.98. The third-order valence-corrected chi connectivity index (χ3v) is 4.32. The Hall–Kier alpha value is -2.35. The van der Waals surface area contributed by atoms with Gasteiger partial charge in [0.15, 0.2) is 0 Å². The molecule has 1 saturated heterocycles. The number of pyridine rings is 1. The number of hydrogen-bond donors (Lipinski definition) is 0. The van der Waals surface area contributed by atoms with Crippen LogP contribution >= 0.6 is 0 Å². The molecule has 2 aromatic rings. The Balaban J connectivity index is 2.18. The van der Waals surface area contributed by atoms with E-state index in [4.69, 9.17) is 5.26 Å². The summed E-state index contributed by atoms with van der Waals surface area (Å²) in [5, 5.41) is 9.26. The molecule has 1 aliphatic rings. The second-order valence-electron chi connectivity index (χ2n) is 5.82. The highest BCUT2D eigenvalue weighted by atomic mass is 19.1. The van der Waals surface area contributed by atoms with Crippen molar-refractivity contribution in [3.05, 3.63) is 39.9 Å². The van der Waals surface area contributed by atoms with Crippen molar-refractivity contribution in [3.63, 3.8) is 0 Å². The maximum absolute atomic E-state index is 14.5. The molecular weight excluding hydrogens is 281 g/mol. The predicted molar refractivity (Wildman–Crippen MR) is 84.5 cm³/mol. The summed E-state index contributed by atoms with van der Waals surface area (Å²) in [5.74, 6) is -0.387. The highest BCUT2D eigenvalue weighted by molar-refractivity contribution is 5.84. The van der Waals surface area contributed by atoms with E-state index < -0.39 is 5.43 Å². The number of benzene rings is 1. The second kappa shape index (κ2) is 5.80. The van der Waals surface area contributed by atoms with Crippen LogP contribution in [0.5, 0.6) is 0 Å². The quantitative estimate of drug-likeness (QED) is 0.813. The molecule has 0 saturated carbocycles. The van der Waals surface area contributed by atoms with Gasteiger partial charge in [0.2, 0.25) is 5.43 Å². The van der Waals surface area contributed by atoms with Crippen molar-refractivity contribution >= 4 is 16.6 Å². The largest absolute Gasteiger partial charge is 0.369 e. The maximum atomic E-state index is 14.5. The molecule has 0 unspecified atom stereocenters. The molecule has 1 aromatic carbocycles. The van der Waals surface area contributed by atoms with Gasteiger partial charge in [-0.3, -0.25) is 4.79 Å². The molecule has 0 N–H and O–H groups in total. The van der Waals surface area contributed by atoms with E-state index in [0.29, 0.717) is 11.2 Å². The number of nitriles is 1. The summed E-state index contributed by atoms with van der Waals surface area (Å²) in [7, 11) is 1.77. The van der Waals surface area contributed by atoms with Gasteiger partial charge < -0.3 is 9.47 Å². The molecule has 1 fully saturated rings. The maximum Gasteiger partial charge on any atom is 0.207 e.